The van der Waals surface area contributed by atoms with Gasteiger partial charge in [-0.05, 0) is 53.6 Å². The summed E-state index contributed by atoms with van der Waals surface area (Å²) < 4.78 is 13.6. The highest BCUT2D eigenvalue weighted by Gasteiger charge is 2.32. The van der Waals surface area contributed by atoms with E-state index in [0.29, 0.717) is 18.8 Å². The van der Waals surface area contributed by atoms with Crippen molar-refractivity contribution >= 4 is 27.3 Å². The number of hydrogen-bond acceptors (Lipinski definition) is 4. The molecule has 1 saturated carbocycles. The van der Waals surface area contributed by atoms with Crippen LogP contribution in [-0.2, 0) is 0 Å². The Morgan fingerprint density at radius 3 is 2.71 bits per heavy atom. The summed E-state index contributed by atoms with van der Waals surface area (Å²) >= 11 is 3.02. The molecule has 0 heterocycles. The van der Waals surface area contributed by atoms with E-state index in [0.717, 1.165) is 18.9 Å². The van der Waals surface area contributed by atoms with Crippen molar-refractivity contribution < 1.29 is 14.4 Å². The van der Waals surface area contributed by atoms with Crippen molar-refractivity contribution in [2.45, 2.75) is 38.2 Å². The summed E-state index contributed by atoms with van der Waals surface area (Å²) in [7, 11) is 0. The molecule has 0 bridgehead atoms. The molecule has 0 aromatic heterocycles. The van der Waals surface area contributed by atoms with Crippen LogP contribution in [0.5, 0.6) is 0 Å². The lowest BCUT2D eigenvalue weighted by Gasteiger charge is -2.35. The Bertz CT molecular complexity index is 545. The molecule has 1 aliphatic rings. The molecule has 0 radical (unpaired) electrons. The number of nitrogens with one attached hydrogen (secondary N) is 1. The smallest absolute Gasteiger partial charge is 0.295 e. The molecule has 21 heavy (non-hydrogen) atoms. The van der Waals surface area contributed by atoms with Crippen LogP contribution >= 0.6 is 15.9 Å². The van der Waals surface area contributed by atoms with Crippen LogP contribution in [0.4, 0.5) is 15.8 Å². The fourth-order valence-electron chi connectivity index (χ4n) is 2.56. The van der Waals surface area contributed by atoms with Crippen LogP contribution in [0.1, 0.15) is 32.6 Å². The van der Waals surface area contributed by atoms with Gasteiger partial charge in [-0.2, -0.15) is 0 Å². The number of halogens is 2. The van der Waals surface area contributed by atoms with Gasteiger partial charge in [-0.25, -0.2) is 4.39 Å². The molecule has 0 spiro atoms. The number of anilines is 1. The lowest BCUT2D eigenvalue weighted by Crippen LogP contribution is -2.40. The Kier molecular flexibility index (Phi) is 4.83. The van der Waals surface area contributed by atoms with Gasteiger partial charge in [0.1, 0.15) is 11.5 Å². The van der Waals surface area contributed by atoms with Crippen LogP contribution in [0.3, 0.4) is 0 Å². The van der Waals surface area contributed by atoms with E-state index in [-0.39, 0.29) is 22.4 Å². The van der Waals surface area contributed by atoms with Gasteiger partial charge in [-0.15, -0.1) is 0 Å². The van der Waals surface area contributed by atoms with Gasteiger partial charge in [0, 0.05) is 6.54 Å². The van der Waals surface area contributed by atoms with Crippen LogP contribution in [0.2, 0.25) is 0 Å². The molecule has 7 heteroatoms. The summed E-state index contributed by atoms with van der Waals surface area (Å²) in [5.74, 6) is -0.0861. The van der Waals surface area contributed by atoms with E-state index in [1.54, 1.807) is 0 Å². The minimum absolute atomic E-state index is 0.153. The Labute approximate surface area is 130 Å². The highest BCUT2D eigenvalue weighted by atomic mass is 79.9. The molecule has 0 saturated heterocycles. The monoisotopic (exact) mass is 360 g/mol. The van der Waals surface area contributed by atoms with E-state index >= 15 is 0 Å². The van der Waals surface area contributed by atoms with Gasteiger partial charge in [0.25, 0.3) is 5.69 Å². The molecular formula is C14H18BrFN2O3. The average molecular weight is 361 g/mol. The Morgan fingerprint density at radius 2 is 2.14 bits per heavy atom. The second kappa shape index (κ2) is 6.27. The van der Waals surface area contributed by atoms with Crippen LogP contribution < -0.4 is 5.32 Å². The standard InChI is InChI=1S/C14H18BrFN2O3/c1-9-2-4-14(19,5-3-9)8-17-12-6-10(15)11(16)7-13(12)18(20)21/h6-7,9,17,19H,2-5,8H2,1H3. The maximum Gasteiger partial charge on any atom is 0.295 e. The minimum Gasteiger partial charge on any atom is -0.388 e. The van der Waals surface area contributed by atoms with E-state index in [1.807, 2.05) is 0 Å². The number of hydrogen-bond donors (Lipinski definition) is 2. The molecule has 0 atom stereocenters. The number of nitro groups is 1. The molecule has 5 nitrogen and oxygen atoms in total. The lowest BCUT2D eigenvalue weighted by atomic mass is 9.79. The molecule has 1 fully saturated rings. The SMILES string of the molecule is CC1CCC(O)(CNc2cc(Br)c(F)cc2[N+](=O)[O-])CC1. The van der Waals surface area contributed by atoms with Crippen LogP contribution in [-0.4, -0.2) is 22.2 Å². The van der Waals surface area contributed by atoms with Crippen LogP contribution in [0, 0.1) is 21.8 Å². The van der Waals surface area contributed by atoms with Gasteiger partial charge in [0.15, 0.2) is 0 Å². The predicted octanol–water partition coefficient (Wildman–Crippen LogP) is 3.85. The summed E-state index contributed by atoms with van der Waals surface area (Å²) in [5.41, 5.74) is -0.981. The van der Waals surface area contributed by atoms with Gasteiger partial charge in [-0.3, -0.25) is 10.1 Å². The van der Waals surface area contributed by atoms with E-state index in [1.165, 1.54) is 6.07 Å². The summed E-state index contributed by atoms with van der Waals surface area (Å²) in [6.45, 7) is 2.37. The molecule has 0 aliphatic heterocycles. The maximum absolute atomic E-state index is 13.4. The van der Waals surface area contributed by atoms with Gasteiger partial charge < -0.3 is 10.4 Å². The number of nitrogens with zero attached hydrogens (tertiary/aromatic N) is 1. The topological polar surface area (TPSA) is 75.4 Å². The van der Waals surface area contributed by atoms with Crippen molar-refractivity contribution in [2.24, 2.45) is 5.92 Å². The number of rotatable bonds is 4. The maximum atomic E-state index is 13.4. The largest absolute Gasteiger partial charge is 0.388 e. The van der Waals surface area contributed by atoms with Crippen molar-refractivity contribution in [3.8, 4) is 0 Å². The quantitative estimate of drug-likeness (QED) is 0.631. The third kappa shape index (κ3) is 3.91. The van der Waals surface area contributed by atoms with Crippen molar-refractivity contribution in [1.29, 1.82) is 0 Å². The molecule has 2 N–H and O–H groups in total. The van der Waals surface area contributed by atoms with Crippen molar-refractivity contribution in [2.75, 3.05) is 11.9 Å². The second-order valence-corrected chi connectivity index (χ2v) is 6.66. The van der Waals surface area contributed by atoms with Gasteiger partial charge >= 0.3 is 0 Å². The van der Waals surface area contributed by atoms with Crippen LogP contribution in [0.15, 0.2) is 16.6 Å². The molecule has 1 aliphatic carbocycles. The summed E-state index contributed by atoms with van der Waals surface area (Å²) in [5, 5.41) is 24.4. The van der Waals surface area contributed by atoms with Crippen molar-refractivity contribution in [1.82, 2.24) is 0 Å². The predicted molar refractivity (Wildman–Crippen MR) is 81.8 cm³/mol. The van der Waals surface area contributed by atoms with Crippen LogP contribution in [0.25, 0.3) is 0 Å². The van der Waals surface area contributed by atoms with Gasteiger partial charge in [0.05, 0.1) is 21.1 Å². The number of nitro benzene ring substituents is 1. The summed E-state index contributed by atoms with van der Waals surface area (Å²) in [4.78, 5) is 10.3. The first-order valence-corrected chi connectivity index (χ1v) is 7.70. The molecule has 0 unspecified atom stereocenters. The first kappa shape index (κ1) is 16.2. The fourth-order valence-corrected chi connectivity index (χ4v) is 2.91. The third-order valence-corrected chi connectivity index (χ3v) is 4.66. The zero-order valence-corrected chi connectivity index (χ0v) is 13.3. The highest BCUT2D eigenvalue weighted by molar-refractivity contribution is 9.10. The third-order valence-electron chi connectivity index (χ3n) is 4.05. The fraction of sp³-hybridized carbons (Fsp3) is 0.571. The normalized spacial score (nSPS) is 25.6. The zero-order valence-electron chi connectivity index (χ0n) is 11.7. The van der Waals surface area contributed by atoms with Crippen molar-refractivity contribution in [3.05, 3.63) is 32.5 Å². The second-order valence-electron chi connectivity index (χ2n) is 5.80. The molecule has 1 aromatic rings. The van der Waals surface area contributed by atoms with E-state index in [4.69, 9.17) is 0 Å². The average Bonchev–Trinajstić information content (AvgIpc) is 2.43. The Morgan fingerprint density at radius 1 is 1.52 bits per heavy atom. The van der Waals surface area contributed by atoms with E-state index < -0.39 is 16.3 Å². The van der Waals surface area contributed by atoms with E-state index in [2.05, 4.69) is 28.2 Å². The molecular weight excluding hydrogens is 343 g/mol. The number of benzene rings is 1. The minimum atomic E-state index is -0.860. The highest BCUT2D eigenvalue weighted by Crippen LogP contribution is 2.34. The molecule has 2 rings (SSSR count). The summed E-state index contributed by atoms with van der Waals surface area (Å²) in [6.07, 6.45) is 3.20. The van der Waals surface area contributed by atoms with Gasteiger partial charge in [0.2, 0.25) is 0 Å². The Hall–Kier alpha value is -1.21. The first-order chi connectivity index (χ1) is 9.81. The van der Waals surface area contributed by atoms with Gasteiger partial charge in [-0.1, -0.05) is 6.92 Å². The Balaban J connectivity index is 2.12. The molecule has 116 valence electrons. The van der Waals surface area contributed by atoms with E-state index in [9.17, 15) is 19.6 Å². The summed E-state index contributed by atoms with van der Waals surface area (Å²) in [6, 6.07) is 2.21. The molecule has 1 aromatic carbocycles. The molecule has 0 amide bonds. The zero-order chi connectivity index (χ0) is 15.6. The lowest BCUT2D eigenvalue weighted by molar-refractivity contribution is -0.384. The van der Waals surface area contributed by atoms with Crippen molar-refractivity contribution in [3.63, 3.8) is 0 Å². The first-order valence-electron chi connectivity index (χ1n) is 6.90. The number of aliphatic hydroxyl groups is 1.